The molecule has 0 aliphatic rings. The lowest BCUT2D eigenvalue weighted by Crippen LogP contribution is -2.99. The van der Waals surface area contributed by atoms with Gasteiger partial charge in [-0.2, -0.15) is 5.23 Å². The Labute approximate surface area is 110 Å². The summed E-state index contributed by atoms with van der Waals surface area (Å²) >= 11 is 0. The highest BCUT2D eigenvalue weighted by molar-refractivity contribution is 6.19. The van der Waals surface area contributed by atoms with E-state index in [4.69, 9.17) is 9.94 Å². The summed E-state index contributed by atoms with van der Waals surface area (Å²) in [6.45, 7) is 3.06. The zero-order chi connectivity index (χ0) is 14.4. The summed E-state index contributed by atoms with van der Waals surface area (Å²) in [4.78, 5) is 23.0. The van der Waals surface area contributed by atoms with Gasteiger partial charge in [-0.05, 0) is 25.5 Å². The van der Waals surface area contributed by atoms with Crippen molar-refractivity contribution in [2.24, 2.45) is 0 Å². The number of rotatable bonds is 5. The molecule has 0 bridgehead atoms. The fourth-order valence-corrected chi connectivity index (χ4v) is 1.44. The van der Waals surface area contributed by atoms with E-state index >= 15 is 0 Å². The van der Waals surface area contributed by atoms with E-state index in [0.29, 0.717) is 5.56 Å². The maximum atomic E-state index is 11.6. The van der Waals surface area contributed by atoms with Gasteiger partial charge < -0.3 is 9.94 Å². The van der Waals surface area contributed by atoms with Gasteiger partial charge in [0.15, 0.2) is 11.5 Å². The van der Waals surface area contributed by atoms with Crippen LogP contribution in [-0.4, -0.2) is 23.6 Å². The van der Waals surface area contributed by atoms with Gasteiger partial charge in [-0.1, -0.05) is 12.1 Å². The van der Waals surface area contributed by atoms with E-state index in [2.05, 4.69) is 0 Å². The van der Waals surface area contributed by atoms with Crippen LogP contribution in [0.2, 0.25) is 0 Å². The molecule has 0 aliphatic heterocycles. The summed E-state index contributed by atoms with van der Waals surface area (Å²) in [5.74, 6) is -1.14. The minimum atomic E-state index is -1.07. The van der Waals surface area contributed by atoms with Gasteiger partial charge in [-0.3, -0.25) is 4.79 Å². The van der Waals surface area contributed by atoms with Crippen molar-refractivity contribution in [3.63, 3.8) is 0 Å². The Kier molecular flexibility index (Phi) is 5.37. The third kappa shape index (κ3) is 4.29. The average molecular weight is 265 g/mol. The SMILES string of the molecule is CCOC(=O)/C(=C\c1cccc([NH+]([O-])O)c1)C(C)=O. The molecule has 1 unspecified atom stereocenters. The number of hydrogen-bond donors (Lipinski definition) is 2. The van der Waals surface area contributed by atoms with Crippen LogP contribution >= 0.6 is 0 Å². The van der Waals surface area contributed by atoms with E-state index < -0.39 is 17.0 Å². The van der Waals surface area contributed by atoms with Gasteiger partial charge in [0.05, 0.1) is 6.61 Å². The number of ether oxygens (including phenoxy) is 1. The monoisotopic (exact) mass is 265 g/mol. The summed E-state index contributed by atoms with van der Waals surface area (Å²) in [5, 5.41) is 18.6. The third-order valence-corrected chi connectivity index (χ3v) is 2.32. The molecule has 0 fully saturated rings. The van der Waals surface area contributed by atoms with Gasteiger partial charge >= 0.3 is 5.97 Å². The van der Waals surface area contributed by atoms with Gasteiger partial charge in [0.25, 0.3) is 0 Å². The molecule has 0 aliphatic carbocycles. The first-order chi connectivity index (χ1) is 8.95. The second kappa shape index (κ2) is 6.79. The highest BCUT2D eigenvalue weighted by Crippen LogP contribution is 2.12. The Balaban J connectivity index is 3.12. The summed E-state index contributed by atoms with van der Waals surface area (Å²) in [7, 11) is 0. The molecule has 1 aromatic rings. The molecule has 1 aromatic carbocycles. The summed E-state index contributed by atoms with van der Waals surface area (Å²) in [6, 6.07) is 5.95. The van der Waals surface area contributed by atoms with Gasteiger partial charge in [-0.15, -0.1) is 0 Å². The number of esters is 1. The second-order valence-electron chi connectivity index (χ2n) is 3.77. The quantitative estimate of drug-likeness (QED) is 0.268. The lowest BCUT2D eigenvalue weighted by atomic mass is 10.1. The molecule has 1 rings (SSSR count). The molecule has 102 valence electrons. The molecule has 6 heteroatoms. The standard InChI is InChI=1S/C13H15NO5/c1-3-19-13(16)12(9(2)15)8-10-5-4-6-11(7-10)14(17)18/h4-8,14,17H,3H2,1-2H3/b12-8-. The van der Waals surface area contributed by atoms with Crippen molar-refractivity contribution in [2.75, 3.05) is 6.61 Å². The predicted molar refractivity (Wildman–Crippen MR) is 67.5 cm³/mol. The van der Waals surface area contributed by atoms with Crippen LogP contribution in [0.15, 0.2) is 29.8 Å². The number of hydrogen-bond acceptors (Lipinski definition) is 5. The minimum Gasteiger partial charge on any atom is -0.595 e. The van der Waals surface area contributed by atoms with Crippen LogP contribution in [0.5, 0.6) is 0 Å². The van der Waals surface area contributed by atoms with E-state index in [1.54, 1.807) is 13.0 Å². The zero-order valence-electron chi connectivity index (χ0n) is 10.7. The van der Waals surface area contributed by atoms with Crippen molar-refractivity contribution < 1.29 is 24.8 Å². The molecule has 0 saturated heterocycles. The fourth-order valence-electron chi connectivity index (χ4n) is 1.44. The van der Waals surface area contributed by atoms with Crippen molar-refractivity contribution in [1.82, 2.24) is 0 Å². The third-order valence-electron chi connectivity index (χ3n) is 2.32. The molecule has 0 spiro atoms. The van der Waals surface area contributed by atoms with Crippen LogP contribution in [0, 0.1) is 5.21 Å². The van der Waals surface area contributed by atoms with Gasteiger partial charge in [0, 0.05) is 12.1 Å². The molecular weight excluding hydrogens is 250 g/mol. The van der Waals surface area contributed by atoms with Crippen LogP contribution in [0.4, 0.5) is 5.69 Å². The maximum Gasteiger partial charge on any atom is 0.341 e. The largest absolute Gasteiger partial charge is 0.595 e. The fraction of sp³-hybridized carbons (Fsp3) is 0.231. The first-order valence-electron chi connectivity index (χ1n) is 5.68. The number of carbonyl (C=O) groups is 2. The van der Waals surface area contributed by atoms with Crippen molar-refractivity contribution in [1.29, 1.82) is 0 Å². The molecule has 0 amide bonds. The van der Waals surface area contributed by atoms with E-state index in [1.165, 1.54) is 31.2 Å². The van der Waals surface area contributed by atoms with Crippen LogP contribution in [0.25, 0.3) is 6.08 Å². The highest BCUT2D eigenvalue weighted by atomic mass is 16.8. The topological polar surface area (TPSA) is 91.1 Å². The Hall–Kier alpha value is -2.02. The smallest absolute Gasteiger partial charge is 0.341 e. The summed E-state index contributed by atoms with van der Waals surface area (Å²) in [6.07, 6.45) is 1.33. The Bertz CT molecular complexity index is 508. The van der Waals surface area contributed by atoms with Gasteiger partial charge in [-0.25, -0.2) is 10.0 Å². The molecule has 0 aromatic heterocycles. The summed E-state index contributed by atoms with van der Waals surface area (Å²) < 4.78 is 4.77. The zero-order valence-corrected chi connectivity index (χ0v) is 10.7. The number of carbonyl (C=O) groups excluding carboxylic acids is 2. The molecule has 6 nitrogen and oxygen atoms in total. The van der Waals surface area contributed by atoms with Crippen molar-refractivity contribution >= 4 is 23.5 Å². The Morgan fingerprint density at radius 2 is 2.16 bits per heavy atom. The van der Waals surface area contributed by atoms with Gasteiger partial charge in [0.1, 0.15) is 5.57 Å². The number of Topliss-reactive ketones (excluding diaryl/α,β-unsaturated/α-hetero) is 1. The molecule has 1 atom stereocenters. The summed E-state index contributed by atoms with van der Waals surface area (Å²) in [5.41, 5.74) is 0.433. The van der Waals surface area contributed by atoms with Crippen LogP contribution in [0.3, 0.4) is 0 Å². The number of benzene rings is 1. The molecule has 0 saturated carbocycles. The van der Waals surface area contributed by atoms with E-state index in [9.17, 15) is 14.8 Å². The van der Waals surface area contributed by atoms with E-state index in [0.717, 1.165) is 0 Å². The maximum absolute atomic E-state index is 11.6. The Morgan fingerprint density at radius 1 is 1.47 bits per heavy atom. The van der Waals surface area contributed by atoms with Crippen LogP contribution in [0.1, 0.15) is 19.4 Å². The first-order valence-corrected chi connectivity index (χ1v) is 5.68. The number of ketones is 1. The van der Waals surface area contributed by atoms with Crippen molar-refractivity contribution in [3.8, 4) is 0 Å². The van der Waals surface area contributed by atoms with Crippen LogP contribution in [-0.2, 0) is 14.3 Å². The molecular formula is C13H15NO5. The van der Waals surface area contributed by atoms with Crippen molar-refractivity contribution in [3.05, 3.63) is 40.6 Å². The second-order valence-corrected chi connectivity index (χ2v) is 3.77. The first kappa shape index (κ1) is 15.0. The molecule has 2 N–H and O–H groups in total. The lowest BCUT2D eigenvalue weighted by Gasteiger charge is -2.11. The van der Waals surface area contributed by atoms with Crippen molar-refractivity contribution in [2.45, 2.75) is 13.8 Å². The molecule has 0 heterocycles. The molecule has 19 heavy (non-hydrogen) atoms. The number of nitrogens with one attached hydrogen (secondary N) is 1. The van der Waals surface area contributed by atoms with E-state index in [-0.39, 0.29) is 17.9 Å². The lowest BCUT2D eigenvalue weighted by molar-refractivity contribution is -0.991. The van der Waals surface area contributed by atoms with E-state index in [1.807, 2.05) is 0 Å². The Morgan fingerprint density at radius 3 is 2.68 bits per heavy atom. The normalized spacial score (nSPS) is 12.9. The van der Waals surface area contributed by atoms with Crippen LogP contribution < -0.4 is 5.23 Å². The molecule has 0 radical (unpaired) electrons. The average Bonchev–Trinajstić information content (AvgIpc) is 2.36. The van der Waals surface area contributed by atoms with Gasteiger partial charge in [0.2, 0.25) is 0 Å². The highest BCUT2D eigenvalue weighted by Gasteiger charge is 2.15. The number of quaternary nitrogens is 1. The minimum absolute atomic E-state index is 0.0838. The predicted octanol–water partition coefficient (Wildman–Crippen LogP) is 0.626.